The summed E-state index contributed by atoms with van der Waals surface area (Å²) < 4.78 is 0. The number of hydrogen-bond acceptors (Lipinski definition) is 4. The van der Waals surface area contributed by atoms with Gasteiger partial charge in [0.2, 0.25) is 0 Å². The number of aliphatic imine (C=N–C) groups is 1. The van der Waals surface area contributed by atoms with E-state index < -0.39 is 5.66 Å². The summed E-state index contributed by atoms with van der Waals surface area (Å²) >= 11 is 0. The second-order valence-corrected chi connectivity index (χ2v) is 7.28. The van der Waals surface area contributed by atoms with Crippen molar-refractivity contribution in [1.82, 2.24) is 15.2 Å². The topological polar surface area (TPSA) is 40.5 Å². The maximum absolute atomic E-state index is 5.15. The lowest BCUT2D eigenvalue weighted by Crippen LogP contribution is -2.46. The van der Waals surface area contributed by atoms with Crippen molar-refractivity contribution in [3.63, 3.8) is 0 Å². The normalized spacial score (nSPS) is 22.3. The minimum atomic E-state index is -0.464. The highest BCUT2D eigenvalue weighted by Crippen LogP contribution is 2.42. The summed E-state index contributed by atoms with van der Waals surface area (Å²) in [5, 5.41) is 4.69. The highest BCUT2D eigenvalue weighted by Gasteiger charge is 2.47. The van der Waals surface area contributed by atoms with Crippen molar-refractivity contribution in [3.8, 4) is 0 Å². The Morgan fingerprint density at radius 3 is 2.82 bits per heavy atom. The Hall–Kier alpha value is -2.85. The van der Waals surface area contributed by atoms with E-state index in [1.807, 2.05) is 24.4 Å². The summed E-state index contributed by atoms with van der Waals surface area (Å²) in [5.74, 6) is 1.09. The van der Waals surface area contributed by atoms with Gasteiger partial charge in [-0.15, -0.1) is 12.4 Å². The smallest absolute Gasteiger partial charge is 0.198 e. The second-order valence-electron chi connectivity index (χ2n) is 7.28. The third-order valence-electron chi connectivity index (χ3n) is 5.59. The molecule has 28 heavy (non-hydrogen) atoms. The molecule has 1 N–H and O–H groups in total. The van der Waals surface area contributed by atoms with Crippen LogP contribution in [0.4, 0.5) is 0 Å². The van der Waals surface area contributed by atoms with Crippen molar-refractivity contribution in [3.05, 3.63) is 89.4 Å². The SMILES string of the molecule is CC1=C2N(C)C(CCc3ccc4ccccc4n3)=NC23NC=CC=C3C=C1.Cl. The minimum absolute atomic E-state index is 0. The number of dihydropyridines is 1. The Balaban J connectivity index is 0.00000192. The lowest BCUT2D eigenvalue weighted by atomic mass is 9.87. The zero-order valence-electron chi connectivity index (χ0n) is 16.0. The number of aromatic nitrogens is 1. The third-order valence-corrected chi connectivity index (χ3v) is 5.59. The number of rotatable bonds is 3. The van der Waals surface area contributed by atoms with E-state index in [0.717, 1.165) is 29.9 Å². The predicted octanol–water partition coefficient (Wildman–Crippen LogP) is 4.52. The van der Waals surface area contributed by atoms with Crippen LogP contribution >= 0.6 is 12.4 Å². The number of hydrogen-bond donors (Lipinski definition) is 1. The highest BCUT2D eigenvalue weighted by molar-refractivity contribution is 5.89. The Kier molecular flexibility index (Phi) is 4.60. The predicted molar refractivity (Wildman–Crippen MR) is 117 cm³/mol. The molecule has 0 bridgehead atoms. The van der Waals surface area contributed by atoms with Gasteiger partial charge < -0.3 is 10.2 Å². The number of halogens is 1. The van der Waals surface area contributed by atoms with Gasteiger partial charge in [0.1, 0.15) is 5.84 Å². The first-order valence-electron chi connectivity index (χ1n) is 9.39. The summed E-state index contributed by atoms with van der Waals surface area (Å²) in [6.07, 6.45) is 12.2. The molecule has 2 aromatic rings. The average Bonchev–Trinajstić information content (AvgIpc) is 2.98. The van der Waals surface area contributed by atoms with Crippen LogP contribution in [0.2, 0.25) is 0 Å². The van der Waals surface area contributed by atoms with Gasteiger partial charge in [-0.05, 0) is 43.3 Å². The van der Waals surface area contributed by atoms with Crippen LogP contribution in [0.3, 0.4) is 0 Å². The number of allylic oxidation sites excluding steroid dienone is 4. The molecule has 3 aliphatic rings. The van der Waals surface area contributed by atoms with Gasteiger partial charge in [0.05, 0.1) is 11.2 Å². The van der Waals surface area contributed by atoms with E-state index >= 15 is 0 Å². The molecule has 0 saturated heterocycles. The van der Waals surface area contributed by atoms with Crippen LogP contribution in [0.1, 0.15) is 19.0 Å². The van der Waals surface area contributed by atoms with Gasteiger partial charge in [-0.2, -0.15) is 0 Å². The van der Waals surface area contributed by atoms with Crippen LogP contribution < -0.4 is 5.32 Å². The molecule has 2 aliphatic heterocycles. The van der Waals surface area contributed by atoms with Gasteiger partial charge in [0.15, 0.2) is 5.66 Å². The standard InChI is InChI=1S/C23H22N4.ClH/c1-16-9-11-18-7-5-15-24-23(18)22(16)27(2)21(26-23)14-13-19-12-10-17-6-3-4-8-20(17)25-19;/h3-12,15,24H,13-14H2,1-2H3;1H. The summed E-state index contributed by atoms with van der Waals surface area (Å²) in [7, 11) is 2.12. The molecule has 1 aliphatic carbocycles. The first-order valence-corrected chi connectivity index (χ1v) is 9.39. The van der Waals surface area contributed by atoms with Gasteiger partial charge in [0, 0.05) is 30.1 Å². The van der Waals surface area contributed by atoms with Crippen LogP contribution in [0.25, 0.3) is 10.9 Å². The van der Waals surface area contributed by atoms with Crippen LogP contribution in [-0.4, -0.2) is 28.4 Å². The fourth-order valence-corrected chi connectivity index (χ4v) is 4.25. The number of para-hydroxylation sites is 1. The van der Waals surface area contributed by atoms with Crippen molar-refractivity contribution in [2.75, 3.05) is 7.05 Å². The Bertz CT molecular complexity index is 1090. The van der Waals surface area contributed by atoms with Gasteiger partial charge in [0.25, 0.3) is 0 Å². The van der Waals surface area contributed by atoms with Crippen molar-refractivity contribution < 1.29 is 0 Å². The maximum Gasteiger partial charge on any atom is 0.198 e. The van der Waals surface area contributed by atoms with Crippen molar-refractivity contribution in [2.45, 2.75) is 25.4 Å². The largest absolute Gasteiger partial charge is 0.359 e. The highest BCUT2D eigenvalue weighted by atomic mass is 35.5. The molecule has 1 unspecified atom stereocenters. The summed E-state index contributed by atoms with van der Waals surface area (Å²) in [4.78, 5) is 12.2. The average molecular weight is 391 g/mol. The summed E-state index contributed by atoms with van der Waals surface area (Å²) in [6, 6.07) is 12.5. The van der Waals surface area contributed by atoms with E-state index in [1.165, 1.54) is 22.2 Å². The molecule has 3 heterocycles. The van der Waals surface area contributed by atoms with E-state index in [-0.39, 0.29) is 12.4 Å². The summed E-state index contributed by atoms with van der Waals surface area (Å²) in [6.45, 7) is 2.16. The number of benzene rings is 1. The Morgan fingerprint density at radius 1 is 1.07 bits per heavy atom. The second kappa shape index (κ2) is 6.95. The van der Waals surface area contributed by atoms with Gasteiger partial charge in [-0.1, -0.05) is 42.5 Å². The molecule has 1 atom stereocenters. The van der Waals surface area contributed by atoms with Crippen molar-refractivity contribution >= 4 is 29.1 Å². The van der Waals surface area contributed by atoms with Crippen molar-refractivity contribution in [2.24, 2.45) is 4.99 Å². The number of pyridine rings is 1. The molecule has 0 radical (unpaired) electrons. The van der Waals surface area contributed by atoms with Gasteiger partial charge in [-0.3, -0.25) is 4.98 Å². The zero-order chi connectivity index (χ0) is 18.4. The van der Waals surface area contributed by atoms with E-state index in [0.29, 0.717) is 0 Å². The molecule has 4 nitrogen and oxygen atoms in total. The minimum Gasteiger partial charge on any atom is -0.359 e. The Morgan fingerprint density at radius 2 is 1.93 bits per heavy atom. The number of nitrogens with one attached hydrogen (secondary N) is 1. The number of nitrogens with zero attached hydrogens (tertiary/aromatic N) is 3. The van der Waals surface area contributed by atoms with E-state index in [9.17, 15) is 0 Å². The number of fused-ring (bicyclic) bond motifs is 1. The first kappa shape index (κ1) is 18.5. The van der Waals surface area contributed by atoms with E-state index in [2.05, 4.69) is 66.7 Å². The molecule has 5 rings (SSSR count). The molecule has 142 valence electrons. The van der Waals surface area contributed by atoms with Crippen molar-refractivity contribution in [1.29, 1.82) is 0 Å². The van der Waals surface area contributed by atoms with E-state index in [1.54, 1.807) is 0 Å². The number of likely N-dealkylation sites (N-methyl/N-ethyl adjacent to an activating group) is 1. The third kappa shape index (κ3) is 2.76. The van der Waals surface area contributed by atoms with Gasteiger partial charge in [-0.25, -0.2) is 4.99 Å². The quantitative estimate of drug-likeness (QED) is 0.837. The monoisotopic (exact) mass is 390 g/mol. The van der Waals surface area contributed by atoms with Crippen LogP contribution in [0, 0.1) is 0 Å². The summed E-state index contributed by atoms with van der Waals surface area (Å²) in [5.41, 5.74) is 5.36. The lowest BCUT2D eigenvalue weighted by Gasteiger charge is -2.36. The molecule has 5 heteroatoms. The molecule has 0 amide bonds. The van der Waals surface area contributed by atoms with Gasteiger partial charge >= 0.3 is 0 Å². The van der Waals surface area contributed by atoms with Crippen LogP contribution in [0.15, 0.2) is 88.7 Å². The maximum atomic E-state index is 5.15. The Labute approximate surface area is 171 Å². The first-order chi connectivity index (χ1) is 13.2. The molecule has 1 aromatic heterocycles. The molecule has 1 spiro atoms. The molecular weight excluding hydrogens is 368 g/mol. The molecule has 0 saturated carbocycles. The molecule has 1 aromatic carbocycles. The van der Waals surface area contributed by atoms with Crippen LogP contribution in [-0.2, 0) is 6.42 Å². The molecule has 0 fully saturated rings. The molecular formula is C23H23ClN4. The fraction of sp³-hybridized carbons (Fsp3) is 0.217. The number of amidine groups is 1. The van der Waals surface area contributed by atoms with Crippen LogP contribution in [0.5, 0.6) is 0 Å². The number of aryl methyl sites for hydroxylation is 1. The van der Waals surface area contributed by atoms with E-state index in [4.69, 9.17) is 9.98 Å². The zero-order valence-corrected chi connectivity index (χ0v) is 16.8. The fourth-order valence-electron chi connectivity index (χ4n) is 4.25. The lowest BCUT2D eigenvalue weighted by molar-refractivity contribution is 0.464.